The molecule has 0 atom stereocenters. The fourth-order valence-corrected chi connectivity index (χ4v) is 3.58. The van der Waals surface area contributed by atoms with Crippen molar-refractivity contribution in [2.24, 2.45) is 0 Å². The fraction of sp³-hybridized carbons (Fsp3) is 0.526. The monoisotopic (exact) mass is 407 g/mol. The van der Waals surface area contributed by atoms with E-state index in [2.05, 4.69) is 10.4 Å². The summed E-state index contributed by atoms with van der Waals surface area (Å²) in [5.74, 6) is 0.970. The molecule has 0 aliphatic carbocycles. The highest BCUT2D eigenvalue weighted by Gasteiger charge is 2.28. The van der Waals surface area contributed by atoms with Crippen LogP contribution in [0, 0.1) is 0 Å². The van der Waals surface area contributed by atoms with Crippen LogP contribution in [0.25, 0.3) is 0 Å². The second-order valence-electron chi connectivity index (χ2n) is 6.80. The van der Waals surface area contributed by atoms with Gasteiger partial charge in [-0.3, -0.25) is 4.57 Å². The zero-order valence-corrected chi connectivity index (χ0v) is 17.0. The maximum Gasteiger partial charge on any atom is 0.345 e. The van der Waals surface area contributed by atoms with Crippen molar-refractivity contribution in [3.05, 3.63) is 45.6 Å². The highest BCUT2D eigenvalue weighted by molar-refractivity contribution is 6.30. The van der Waals surface area contributed by atoms with Gasteiger partial charge in [0.05, 0.1) is 13.2 Å². The van der Waals surface area contributed by atoms with Crippen molar-refractivity contribution in [3.63, 3.8) is 0 Å². The van der Waals surface area contributed by atoms with E-state index >= 15 is 0 Å². The molecule has 9 heteroatoms. The molecule has 0 unspecified atom stereocenters. The molecule has 0 radical (unpaired) electrons. The Bertz CT molecular complexity index is 853. The smallest absolute Gasteiger partial charge is 0.345 e. The predicted molar refractivity (Wildman–Crippen MR) is 108 cm³/mol. The maximum absolute atomic E-state index is 12.5. The summed E-state index contributed by atoms with van der Waals surface area (Å²) in [6.45, 7) is 4.65. The molecule has 1 fully saturated rings. The number of hydrogen-bond donors (Lipinski definition) is 1. The van der Waals surface area contributed by atoms with Gasteiger partial charge in [0.25, 0.3) is 0 Å². The Morgan fingerprint density at radius 2 is 1.96 bits per heavy atom. The van der Waals surface area contributed by atoms with Crippen LogP contribution in [-0.4, -0.2) is 52.1 Å². The molecule has 1 aromatic heterocycles. The van der Waals surface area contributed by atoms with Crippen LogP contribution in [0.1, 0.15) is 31.5 Å². The minimum atomic E-state index is -0.126. The predicted octanol–water partition coefficient (Wildman–Crippen LogP) is 2.78. The Labute approximate surface area is 169 Å². The highest BCUT2D eigenvalue weighted by Crippen LogP contribution is 2.26. The molecule has 2 heterocycles. The number of rotatable bonds is 6. The van der Waals surface area contributed by atoms with Crippen molar-refractivity contribution >= 4 is 23.3 Å². The Morgan fingerprint density at radius 1 is 1.29 bits per heavy atom. The quantitative estimate of drug-likeness (QED) is 0.798. The number of aromatic nitrogens is 3. The number of anilines is 1. The van der Waals surface area contributed by atoms with Crippen LogP contribution < -0.4 is 11.0 Å². The standard InChI is InChI=1S/C19H26ClN5O3/c1-3-24-17(22-25(19(24)27)12-13-28-2)14-8-10-23(11-9-14)18(26)21-16-6-4-15(20)5-7-16/h4-7,14H,3,8-13H2,1-2H3,(H,21,26). The molecule has 0 saturated carbocycles. The summed E-state index contributed by atoms with van der Waals surface area (Å²) >= 11 is 5.87. The van der Waals surface area contributed by atoms with Crippen LogP contribution in [0.5, 0.6) is 0 Å². The lowest BCUT2D eigenvalue weighted by Gasteiger charge is -2.31. The van der Waals surface area contributed by atoms with Crippen molar-refractivity contribution in [2.45, 2.75) is 38.8 Å². The molecule has 1 saturated heterocycles. The van der Waals surface area contributed by atoms with Gasteiger partial charge < -0.3 is 15.0 Å². The van der Waals surface area contributed by atoms with Crippen molar-refractivity contribution < 1.29 is 9.53 Å². The zero-order valence-electron chi connectivity index (χ0n) is 16.2. The van der Waals surface area contributed by atoms with Crippen molar-refractivity contribution in [1.82, 2.24) is 19.2 Å². The average Bonchev–Trinajstić information content (AvgIpc) is 3.03. The number of hydrogen-bond acceptors (Lipinski definition) is 4. The first kappa shape index (κ1) is 20.4. The van der Waals surface area contributed by atoms with E-state index in [0.29, 0.717) is 43.5 Å². The van der Waals surface area contributed by atoms with Gasteiger partial charge in [-0.1, -0.05) is 11.6 Å². The normalized spacial score (nSPS) is 15.0. The first-order valence-corrected chi connectivity index (χ1v) is 9.89. The number of likely N-dealkylation sites (tertiary alicyclic amines) is 1. The van der Waals surface area contributed by atoms with E-state index in [4.69, 9.17) is 16.3 Å². The molecule has 8 nitrogen and oxygen atoms in total. The molecule has 1 N–H and O–H groups in total. The summed E-state index contributed by atoms with van der Waals surface area (Å²) in [5.41, 5.74) is 0.616. The second-order valence-corrected chi connectivity index (χ2v) is 7.24. The lowest BCUT2D eigenvalue weighted by Crippen LogP contribution is -2.41. The number of carbonyl (C=O) groups is 1. The molecule has 28 heavy (non-hydrogen) atoms. The van der Waals surface area contributed by atoms with E-state index in [-0.39, 0.29) is 17.6 Å². The Morgan fingerprint density at radius 3 is 2.57 bits per heavy atom. The number of benzene rings is 1. The molecule has 0 spiro atoms. The van der Waals surface area contributed by atoms with Gasteiger partial charge in [-0.05, 0) is 44.0 Å². The number of urea groups is 1. The van der Waals surface area contributed by atoms with Crippen LogP contribution in [0.15, 0.2) is 29.1 Å². The Kier molecular flexibility index (Phi) is 6.74. The van der Waals surface area contributed by atoms with Gasteiger partial charge in [0.1, 0.15) is 5.82 Å². The van der Waals surface area contributed by atoms with Crippen molar-refractivity contribution in [2.75, 3.05) is 32.1 Å². The van der Waals surface area contributed by atoms with Crippen LogP contribution >= 0.6 is 11.6 Å². The van der Waals surface area contributed by atoms with Gasteiger partial charge >= 0.3 is 11.7 Å². The third kappa shape index (κ3) is 4.56. The number of ether oxygens (including phenoxy) is 1. The van der Waals surface area contributed by atoms with E-state index in [1.807, 2.05) is 6.92 Å². The number of carbonyl (C=O) groups excluding carboxylic acids is 1. The van der Waals surface area contributed by atoms with Gasteiger partial charge in [-0.25, -0.2) is 14.3 Å². The number of methoxy groups -OCH3 is 1. The maximum atomic E-state index is 12.5. The van der Waals surface area contributed by atoms with E-state index in [1.54, 1.807) is 40.8 Å². The summed E-state index contributed by atoms with van der Waals surface area (Å²) in [6.07, 6.45) is 1.55. The number of piperidine rings is 1. The average molecular weight is 408 g/mol. The number of nitrogens with zero attached hydrogens (tertiary/aromatic N) is 4. The molecule has 3 rings (SSSR count). The van der Waals surface area contributed by atoms with Crippen molar-refractivity contribution in [1.29, 1.82) is 0 Å². The van der Waals surface area contributed by atoms with E-state index in [0.717, 1.165) is 18.7 Å². The van der Waals surface area contributed by atoms with Crippen molar-refractivity contribution in [3.8, 4) is 0 Å². The van der Waals surface area contributed by atoms with Gasteiger partial charge in [-0.15, -0.1) is 0 Å². The molecule has 1 aliphatic heterocycles. The van der Waals surface area contributed by atoms with E-state index in [1.165, 1.54) is 4.68 Å². The van der Waals surface area contributed by atoms with Gasteiger partial charge in [0.2, 0.25) is 0 Å². The van der Waals surface area contributed by atoms with Gasteiger partial charge in [0, 0.05) is 43.4 Å². The highest BCUT2D eigenvalue weighted by atomic mass is 35.5. The third-order valence-corrected chi connectivity index (χ3v) is 5.27. The minimum absolute atomic E-state index is 0.0996. The number of halogens is 1. The molecule has 152 valence electrons. The molecule has 2 aromatic rings. The van der Waals surface area contributed by atoms with Gasteiger partial charge in [0.15, 0.2) is 0 Å². The largest absolute Gasteiger partial charge is 0.383 e. The van der Waals surface area contributed by atoms with Crippen LogP contribution in [0.3, 0.4) is 0 Å². The first-order chi connectivity index (χ1) is 13.5. The Balaban J connectivity index is 1.62. The van der Waals surface area contributed by atoms with Crippen LogP contribution in [0.4, 0.5) is 10.5 Å². The Hall–Kier alpha value is -2.32. The SMILES string of the molecule is CCn1c(C2CCN(C(=O)Nc3ccc(Cl)cc3)CC2)nn(CCOC)c1=O. The lowest BCUT2D eigenvalue weighted by atomic mass is 9.96. The zero-order chi connectivity index (χ0) is 20.1. The van der Waals surface area contributed by atoms with Crippen LogP contribution in [0.2, 0.25) is 5.02 Å². The summed E-state index contributed by atoms with van der Waals surface area (Å²) in [7, 11) is 1.60. The fourth-order valence-electron chi connectivity index (χ4n) is 3.46. The summed E-state index contributed by atoms with van der Waals surface area (Å²) in [4.78, 5) is 26.8. The first-order valence-electron chi connectivity index (χ1n) is 9.51. The molecule has 1 aromatic carbocycles. The molecular weight excluding hydrogens is 382 g/mol. The summed E-state index contributed by atoms with van der Waals surface area (Å²) < 4.78 is 8.26. The van der Waals surface area contributed by atoms with E-state index < -0.39 is 0 Å². The summed E-state index contributed by atoms with van der Waals surface area (Å²) in [5, 5.41) is 8.07. The number of nitrogens with one attached hydrogen (secondary N) is 1. The van der Waals surface area contributed by atoms with Gasteiger partial charge in [-0.2, -0.15) is 5.10 Å². The minimum Gasteiger partial charge on any atom is -0.383 e. The molecule has 2 amide bonds. The molecule has 1 aliphatic rings. The van der Waals surface area contributed by atoms with Crippen LogP contribution in [-0.2, 0) is 17.8 Å². The molecular formula is C19H26ClN5O3. The second kappa shape index (κ2) is 9.25. The summed E-state index contributed by atoms with van der Waals surface area (Å²) in [6, 6.07) is 6.92. The molecule has 0 bridgehead atoms. The third-order valence-electron chi connectivity index (χ3n) is 5.02. The topological polar surface area (TPSA) is 81.4 Å². The lowest BCUT2D eigenvalue weighted by molar-refractivity contribution is 0.181. The van der Waals surface area contributed by atoms with E-state index in [9.17, 15) is 9.59 Å². The number of amides is 2.